The maximum atomic E-state index is 12.2. The zero-order valence-electron chi connectivity index (χ0n) is 14.4. The number of thioether (sulfide) groups is 1. The van der Waals surface area contributed by atoms with Crippen molar-refractivity contribution in [2.45, 2.75) is 31.1 Å². The number of hydrogen-bond donors (Lipinski definition) is 0. The molecule has 0 aromatic heterocycles. The maximum absolute atomic E-state index is 12.2. The summed E-state index contributed by atoms with van der Waals surface area (Å²) in [6.45, 7) is 2.10. The minimum absolute atomic E-state index is 0.0646. The first kappa shape index (κ1) is 17.1. The van der Waals surface area contributed by atoms with E-state index in [-0.39, 0.29) is 24.9 Å². The number of amidine groups is 1. The Balaban J connectivity index is 1.34. The molecule has 0 bridgehead atoms. The van der Waals surface area contributed by atoms with E-state index in [1.807, 2.05) is 42.5 Å². The Hall–Kier alpha value is -2.34. The second kappa shape index (κ2) is 7.50. The Kier molecular flexibility index (Phi) is 4.93. The van der Waals surface area contributed by atoms with Crippen molar-refractivity contribution in [1.82, 2.24) is 4.90 Å². The summed E-state index contributed by atoms with van der Waals surface area (Å²) in [6.07, 6.45) is 2.33. The van der Waals surface area contributed by atoms with Crippen molar-refractivity contribution in [3.63, 3.8) is 0 Å². The van der Waals surface area contributed by atoms with Gasteiger partial charge in [-0.3, -0.25) is 9.59 Å². The molecule has 26 heavy (non-hydrogen) atoms. The van der Waals surface area contributed by atoms with E-state index in [1.54, 1.807) is 0 Å². The fraction of sp³-hybridized carbons (Fsp3) is 0.350. The SMILES string of the molecule is O=C(CC1SC(N2CCCC2)=NC1=O)OCc1cccc2ccccc12. The Morgan fingerprint density at radius 2 is 1.92 bits per heavy atom. The third-order valence-electron chi connectivity index (χ3n) is 4.73. The molecular weight excluding hydrogens is 348 g/mol. The number of esters is 1. The summed E-state index contributed by atoms with van der Waals surface area (Å²) in [5.74, 6) is -0.583. The summed E-state index contributed by atoms with van der Waals surface area (Å²) in [5, 5.41) is 2.50. The van der Waals surface area contributed by atoms with E-state index >= 15 is 0 Å². The van der Waals surface area contributed by atoms with Crippen molar-refractivity contribution in [2.24, 2.45) is 4.99 Å². The Morgan fingerprint density at radius 3 is 2.77 bits per heavy atom. The first-order chi connectivity index (χ1) is 12.7. The molecule has 2 aliphatic rings. The quantitative estimate of drug-likeness (QED) is 0.775. The van der Waals surface area contributed by atoms with E-state index in [9.17, 15) is 9.59 Å². The van der Waals surface area contributed by atoms with E-state index in [1.165, 1.54) is 11.8 Å². The highest BCUT2D eigenvalue weighted by molar-refractivity contribution is 8.15. The van der Waals surface area contributed by atoms with Gasteiger partial charge in [-0.05, 0) is 29.2 Å². The minimum atomic E-state index is -0.453. The van der Waals surface area contributed by atoms with Gasteiger partial charge in [0.1, 0.15) is 11.9 Å². The highest BCUT2D eigenvalue weighted by Gasteiger charge is 2.34. The standard InChI is InChI=1S/C20H20N2O3S/c23-18(12-17-19(24)21-20(26-17)22-10-3-4-11-22)25-13-15-8-5-7-14-6-1-2-9-16(14)15/h1-2,5-9,17H,3-4,10-13H2. The van der Waals surface area contributed by atoms with Crippen molar-refractivity contribution >= 4 is 39.6 Å². The van der Waals surface area contributed by atoms with Crippen molar-refractivity contribution in [3.8, 4) is 0 Å². The molecule has 1 unspecified atom stereocenters. The van der Waals surface area contributed by atoms with Gasteiger partial charge in [-0.25, -0.2) is 0 Å². The molecule has 0 N–H and O–H groups in total. The first-order valence-corrected chi connectivity index (χ1v) is 9.75. The fourth-order valence-corrected chi connectivity index (χ4v) is 4.44. The number of carbonyl (C=O) groups excluding carboxylic acids is 2. The molecule has 0 radical (unpaired) electrons. The zero-order chi connectivity index (χ0) is 17.9. The van der Waals surface area contributed by atoms with Gasteiger partial charge in [-0.1, -0.05) is 54.2 Å². The summed E-state index contributed by atoms with van der Waals surface area (Å²) < 4.78 is 5.44. The third-order valence-corrected chi connectivity index (χ3v) is 5.94. The van der Waals surface area contributed by atoms with Crippen LogP contribution < -0.4 is 0 Å². The Bertz CT molecular complexity index is 869. The molecule has 0 spiro atoms. The lowest BCUT2D eigenvalue weighted by Gasteiger charge is -2.16. The van der Waals surface area contributed by atoms with Crippen LogP contribution in [0.5, 0.6) is 0 Å². The molecule has 0 aliphatic carbocycles. The number of fused-ring (bicyclic) bond motifs is 1. The number of likely N-dealkylation sites (tertiary alicyclic amines) is 1. The second-order valence-corrected chi connectivity index (χ2v) is 7.71. The summed E-state index contributed by atoms with van der Waals surface area (Å²) >= 11 is 1.39. The summed E-state index contributed by atoms with van der Waals surface area (Å²) in [7, 11) is 0. The number of aliphatic imine (C=N–C) groups is 1. The van der Waals surface area contributed by atoms with Crippen LogP contribution in [-0.2, 0) is 20.9 Å². The van der Waals surface area contributed by atoms with Gasteiger partial charge in [0.05, 0.1) is 6.42 Å². The first-order valence-electron chi connectivity index (χ1n) is 8.87. The topological polar surface area (TPSA) is 59.0 Å². The van der Waals surface area contributed by atoms with Gasteiger partial charge < -0.3 is 9.64 Å². The molecule has 2 aromatic carbocycles. The fourth-order valence-electron chi connectivity index (χ4n) is 3.34. The molecule has 5 nitrogen and oxygen atoms in total. The van der Waals surface area contributed by atoms with Crippen LogP contribution in [0.2, 0.25) is 0 Å². The van der Waals surface area contributed by atoms with Crippen LogP contribution >= 0.6 is 11.8 Å². The van der Waals surface area contributed by atoms with E-state index in [0.29, 0.717) is 0 Å². The van der Waals surface area contributed by atoms with Crippen LogP contribution in [0, 0.1) is 0 Å². The maximum Gasteiger partial charge on any atom is 0.307 e. The molecule has 2 aromatic rings. The smallest absolute Gasteiger partial charge is 0.307 e. The number of hydrogen-bond acceptors (Lipinski definition) is 5. The molecule has 1 amide bonds. The van der Waals surface area contributed by atoms with Gasteiger partial charge in [-0.15, -0.1) is 0 Å². The summed E-state index contributed by atoms with van der Waals surface area (Å²) in [5.41, 5.74) is 0.968. The molecule has 2 aliphatic heterocycles. The van der Waals surface area contributed by atoms with Crippen LogP contribution in [0.15, 0.2) is 47.5 Å². The van der Waals surface area contributed by atoms with Gasteiger partial charge in [-0.2, -0.15) is 4.99 Å². The lowest BCUT2D eigenvalue weighted by Crippen LogP contribution is -2.24. The number of rotatable bonds is 4. The van der Waals surface area contributed by atoms with Gasteiger partial charge in [0, 0.05) is 13.1 Å². The molecule has 4 rings (SSSR count). The van der Waals surface area contributed by atoms with Gasteiger partial charge in [0.15, 0.2) is 5.17 Å². The van der Waals surface area contributed by atoms with Crippen molar-refractivity contribution < 1.29 is 14.3 Å². The van der Waals surface area contributed by atoms with Crippen molar-refractivity contribution in [2.75, 3.05) is 13.1 Å². The van der Waals surface area contributed by atoms with Crippen LogP contribution in [0.25, 0.3) is 10.8 Å². The van der Waals surface area contributed by atoms with E-state index in [2.05, 4.69) is 9.89 Å². The van der Waals surface area contributed by atoms with E-state index < -0.39 is 5.25 Å². The lowest BCUT2D eigenvalue weighted by molar-refractivity contribution is -0.145. The molecular formula is C20H20N2O3S. The summed E-state index contributed by atoms with van der Waals surface area (Å²) in [6, 6.07) is 14.0. The second-order valence-electron chi connectivity index (χ2n) is 6.54. The van der Waals surface area contributed by atoms with Crippen LogP contribution in [0.3, 0.4) is 0 Å². The highest BCUT2D eigenvalue weighted by atomic mass is 32.2. The van der Waals surface area contributed by atoms with Crippen molar-refractivity contribution in [1.29, 1.82) is 0 Å². The summed E-state index contributed by atoms with van der Waals surface area (Å²) in [4.78, 5) is 30.6. The molecule has 6 heteroatoms. The van der Waals surface area contributed by atoms with E-state index in [4.69, 9.17) is 4.74 Å². The van der Waals surface area contributed by atoms with Crippen LogP contribution in [-0.4, -0.2) is 40.3 Å². The van der Waals surface area contributed by atoms with Gasteiger partial charge in [0.2, 0.25) is 0 Å². The predicted molar refractivity (Wildman–Crippen MR) is 103 cm³/mol. The molecule has 134 valence electrons. The molecule has 2 heterocycles. The largest absolute Gasteiger partial charge is 0.461 e. The normalized spacial score (nSPS) is 19.8. The number of amides is 1. The minimum Gasteiger partial charge on any atom is -0.461 e. The lowest BCUT2D eigenvalue weighted by atomic mass is 10.1. The molecule has 0 saturated carbocycles. The van der Waals surface area contributed by atoms with Gasteiger partial charge >= 0.3 is 5.97 Å². The zero-order valence-corrected chi connectivity index (χ0v) is 15.2. The average molecular weight is 368 g/mol. The monoisotopic (exact) mass is 368 g/mol. The van der Waals surface area contributed by atoms with Crippen molar-refractivity contribution in [3.05, 3.63) is 48.0 Å². The number of carbonyl (C=O) groups is 2. The Morgan fingerprint density at radius 1 is 1.15 bits per heavy atom. The predicted octanol–water partition coefficient (Wildman–Crippen LogP) is 3.37. The molecule has 1 atom stereocenters. The van der Waals surface area contributed by atoms with Gasteiger partial charge in [0.25, 0.3) is 5.91 Å². The highest BCUT2D eigenvalue weighted by Crippen LogP contribution is 2.29. The molecule has 1 saturated heterocycles. The molecule has 1 fully saturated rings. The number of nitrogens with zero attached hydrogens (tertiary/aromatic N) is 2. The number of ether oxygens (including phenoxy) is 1. The average Bonchev–Trinajstić information content (AvgIpc) is 3.30. The van der Waals surface area contributed by atoms with E-state index in [0.717, 1.165) is 47.4 Å². The van der Waals surface area contributed by atoms with Crippen LogP contribution in [0.4, 0.5) is 0 Å². The Labute approximate surface area is 156 Å². The number of benzene rings is 2. The van der Waals surface area contributed by atoms with Crippen LogP contribution in [0.1, 0.15) is 24.8 Å². The third kappa shape index (κ3) is 3.60.